The Morgan fingerprint density at radius 1 is 1.26 bits per heavy atom. The lowest BCUT2D eigenvalue weighted by atomic mass is 10.1. The highest BCUT2D eigenvalue weighted by molar-refractivity contribution is 5.84. The number of hydrogen-bond acceptors (Lipinski definition) is 5. The summed E-state index contributed by atoms with van der Waals surface area (Å²) in [5, 5.41) is 5.84. The fourth-order valence-electron chi connectivity index (χ4n) is 2.02. The number of ether oxygens (including phenoxy) is 2. The summed E-state index contributed by atoms with van der Waals surface area (Å²) in [6.07, 6.45) is 1.97. The Morgan fingerprint density at radius 3 is 2.83 bits per heavy atom. The lowest BCUT2D eigenvalue weighted by Crippen LogP contribution is -2.13. The van der Waals surface area contributed by atoms with Crippen molar-refractivity contribution in [2.75, 3.05) is 30.9 Å². The number of carbonyl (C=O) groups is 1. The average molecular weight is 315 g/mol. The third-order valence-electron chi connectivity index (χ3n) is 3.14. The molecule has 0 fully saturated rings. The molecule has 2 N–H and O–H groups in total. The minimum atomic E-state index is -0.479. The number of carbonyl (C=O) groups excluding carboxylic acids is 1. The molecule has 23 heavy (non-hydrogen) atoms. The molecule has 0 aliphatic rings. The Morgan fingerprint density at radius 2 is 2.13 bits per heavy atom. The van der Waals surface area contributed by atoms with Gasteiger partial charge in [-0.05, 0) is 43.2 Å². The van der Waals surface area contributed by atoms with Crippen LogP contribution in [0.1, 0.15) is 12.5 Å². The molecule has 0 saturated heterocycles. The summed E-state index contributed by atoms with van der Waals surface area (Å²) >= 11 is 0. The van der Waals surface area contributed by atoms with Crippen LogP contribution >= 0.6 is 0 Å². The van der Waals surface area contributed by atoms with Gasteiger partial charge in [0.15, 0.2) is 0 Å². The van der Waals surface area contributed by atoms with E-state index in [0.29, 0.717) is 12.3 Å². The normalized spacial score (nSPS) is 10.0. The molecule has 0 saturated carbocycles. The van der Waals surface area contributed by atoms with Gasteiger partial charge in [-0.3, -0.25) is 5.32 Å². The maximum Gasteiger partial charge on any atom is 0.411 e. The Kier molecular flexibility index (Phi) is 6.23. The van der Waals surface area contributed by atoms with Crippen molar-refractivity contribution < 1.29 is 14.3 Å². The van der Waals surface area contributed by atoms with Gasteiger partial charge in [0, 0.05) is 6.54 Å². The molecule has 1 aromatic carbocycles. The van der Waals surface area contributed by atoms with E-state index < -0.39 is 6.09 Å². The second kappa shape index (κ2) is 8.63. The van der Waals surface area contributed by atoms with Gasteiger partial charge in [-0.15, -0.1) is 0 Å². The summed E-state index contributed by atoms with van der Waals surface area (Å²) in [5.74, 6) is 1.61. The number of hydrogen-bond donors (Lipinski definition) is 2. The highest BCUT2D eigenvalue weighted by Gasteiger charge is 2.02. The first-order chi connectivity index (χ1) is 11.2. The second-order valence-corrected chi connectivity index (χ2v) is 4.81. The number of nitrogens with one attached hydrogen (secondary N) is 2. The fraction of sp³-hybridized carbons (Fsp3) is 0.294. The van der Waals surface area contributed by atoms with Crippen molar-refractivity contribution in [3.63, 3.8) is 0 Å². The first-order valence-electron chi connectivity index (χ1n) is 7.48. The molecule has 1 heterocycles. The topological polar surface area (TPSA) is 72.5 Å². The third-order valence-corrected chi connectivity index (χ3v) is 3.14. The minimum Gasteiger partial charge on any atom is -0.497 e. The van der Waals surface area contributed by atoms with E-state index in [1.165, 1.54) is 5.56 Å². The van der Waals surface area contributed by atoms with E-state index in [-0.39, 0.29) is 0 Å². The van der Waals surface area contributed by atoms with E-state index >= 15 is 0 Å². The minimum absolute atomic E-state index is 0.336. The Hall–Kier alpha value is -2.76. The predicted octanol–water partition coefficient (Wildman–Crippen LogP) is 3.31. The molecule has 1 amide bonds. The standard InChI is InChI=1S/C17H21N3O3/c1-3-23-17(21)20-14-7-8-16(19-12-14)18-10-9-13-5-4-6-15(11-13)22-2/h4-8,11-12H,3,9-10H2,1-2H3,(H,18,19)(H,20,21). The average Bonchev–Trinajstić information content (AvgIpc) is 2.57. The number of amides is 1. The summed E-state index contributed by atoms with van der Waals surface area (Å²) in [6, 6.07) is 11.6. The van der Waals surface area contributed by atoms with Crippen molar-refractivity contribution in [1.29, 1.82) is 0 Å². The van der Waals surface area contributed by atoms with Gasteiger partial charge in [-0.2, -0.15) is 0 Å². The van der Waals surface area contributed by atoms with E-state index in [9.17, 15) is 4.79 Å². The molecule has 1 aromatic heterocycles. The summed E-state index contributed by atoms with van der Waals surface area (Å²) in [4.78, 5) is 15.5. The van der Waals surface area contributed by atoms with Crippen LogP contribution in [0.15, 0.2) is 42.6 Å². The Bertz CT molecular complexity index is 629. The van der Waals surface area contributed by atoms with Crippen LogP contribution in [0.4, 0.5) is 16.3 Å². The molecule has 2 rings (SSSR count). The second-order valence-electron chi connectivity index (χ2n) is 4.81. The SMILES string of the molecule is CCOC(=O)Nc1ccc(NCCc2cccc(OC)c2)nc1. The number of benzene rings is 1. The van der Waals surface area contributed by atoms with Gasteiger partial charge in [-0.25, -0.2) is 9.78 Å². The van der Waals surface area contributed by atoms with E-state index in [1.807, 2.05) is 24.3 Å². The van der Waals surface area contributed by atoms with Crippen LogP contribution in [-0.4, -0.2) is 31.3 Å². The quantitative estimate of drug-likeness (QED) is 0.820. The van der Waals surface area contributed by atoms with Crippen LogP contribution < -0.4 is 15.4 Å². The molecule has 6 heteroatoms. The maximum absolute atomic E-state index is 11.3. The largest absolute Gasteiger partial charge is 0.497 e. The summed E-state index contributed by atoms with van der Waals surface area (Å²) < 4.78 is 10.0. The molecule has 0 bridgehead atoms. The van der Waals surface area contributed by atoms with E-state index in [0.717, 1.165) is 24.5 Å². The van der Waals surface area contributed by atoms with Gasteiger partial charge in [-0.1, -0.05) is 12.1 Å². The molecule has 2 aromatic rings. The smallest absolute Gasteiger partial charge is 0.411 e. The highest BCUT2D eigenvalue weighted by Crippen LogP contribution is 2.14. The van der Waals surface area contributed by atoms with Crippen LogP contribution in [0, 0.1) is 0 Å². The number of anilines is 2. The number of aromatic nitrogens is 1. The van der Waals surface area contributed by atoms with Gasteiger partial charge >= 0.3 is 6.09 Å². The zero-order valence-corrected chi connectivity index (χ0v) is 13.3. The van der Waals surface area contributed by atoms with Crippen molar-refractivity contribution >= 4 is 17.6 Å². The van der Waals surface area contributed by atoms with Gasteiger partial charge in [0.25, 0.3) is 0 Å². The molecule has 0 aliphatic heterocycles. The molecule has 122 valence electrons. The number of pyridine rings is 1. The third kappa shape index (κ3) is 5.50. The molecular formula is C17H21N3O3. The molecule has 0 aliphatic carbocycles. The molecule has 6 nitrogen and oxygen atoms in total. The molecule has 0 spiro atoms. The van der Waals surface area contributed by atoms with Crippen LogP contribution in [0.5, 0.6) is 5.75 Å². The fourth-order valence-corrected chi connectivity index (χ4v) is 2.02. The van der Waals surface area contributed by atoms with Gasteiger partial charge in [0.1, 0.15) is 11.6 Å². The van der Waals surface area contributed by atoms with Crippen LogP contribution in [-0.2, 0) is 11.2 Å². The lowest BCUT2D eigenvalue weighted by molar-refractivity contribution is 0.168. The van der Waals surface area contributed by atoms with Gasteiger partial charge in [0.2, 0.25) is 0 Å². The maximum atomic E-state index is 11.3. The van der Waals surface area contributed by atoms with Gasteiger partial charge in [0.05, 0.1) is 25.6 Å². The van der Waals surface area contributed by atoms with Gasteiger partial charge < -0.3 is 14.8 Å². The first kappa shape index (κ1) is 16.6. The van der Waals surface area contributed by atoms with Crippen molar-refractivity contribution in [1.82, 2.24) is 4.98 Å². The number of rotatable bonds is 7. The Balaban J connectivity index is 1.80. The van der Waals surface area contributed by atoms with Crippen molar-refractivity contribution in [3.05, 3.63) is 48.2 Å². The monoisotopic (exact) mass is 315 g/mol. The predicted molar refractivity (Wildman–Crippen MR) is 90.1 cm³/mol. The lowest BCUT2D eigenvalue weighted by Gasteiger charge is -2.08. The van der Waals surface area contributed by atoms with Crippen LogP contribution in [0.3, 0.4) is 0 Å². The van der Waals surface area contributed by atoms with E-state index in [1.54, 1.807) is 26.3 Å². The van der Waals surface area contributed by atoms with E-state index in [2.05, 4.69) is 21.7 Å². The molecule has 0 unspecified atom stereocenters. The zero-order chi connectivity index (χ0) is 16.5. The summed E-state index contributed by atoms with van der Waals surface area (Å²) in [7, 11) is 1.66. The van der Waals surface area contributed by atoms with Crippen molar-refractivity contribution in [3.8, 4) is 5.75 Å². The van der Waals surface area contributed by atoms with Crippen molar-refractivity contribution in [2.45, 2.75) is 13.3 Å². The molecule has 0 atom stereocenters. The van der Waals surface area contributed by atoms with Crippen molar-refractivity contribution in [2.24, 2.45) is 0 Å². The number of methoxy groups -OCH3 is 1. The summed E-state index contributed by atoms with van der Waals surface area (Å²) in [6.45, 7) is 2.85. The highest BCUT2D eigenvalue weighted by atomic mass is 16.5. The molecular weight excluding hydrogens is 294 g/mol. The molecule has 0 radical (unpaired) electrons. The summed E-state index contributed by atoms with van der Waals surface area (Å²) in [5.41, 5.74) is 1.79. The first-order valence-corrected chi connectivity index (χ1v) is 7.48. The van der Waals surface area contributed by atoms with Crippen LogP contribution in [0.2, 0.25) is 0 Å². The van der Waals surface area contributed by atoms with E-state index in [4.69, 9.17) is 9.47 Å². The van der Waals surface area contributed by atoms with Crippen LogP contribution in [0.25, 0.3) is 0 Å². The zero-order valence-electron chi connectivity index (χ0n) is 13.3. The number of nitrogens with zero attached hydrogens (tertiary/aromatic N) is 1. The Labute approximate surface area is 135 Å².